The summed E-state index contributed by atoms with van der Waals surface area (Å²) >= 11 is 11.7. The van der Waals surface area contributed by atoms with Crippen LogP contribution in [0.1, 0.15) is 11.1 Å². The predicted octanol–water partition coefficient (Wildman–Crippen LogP) is 6.51. The Morgan fingerprint density at radius 3 is 2.07 bits per heavy atom. The number of nitrogens with one attached hydrogen (secondary N) is 2. The average Bonchev–Trinajstić information content (AvgIpc) is 2.65. The van der Waals surface area contributed by atoms with Crippen molar-refractivity contribution < 1.29 is 18.1 Å². The van der Waals surface area contributed by atoms with Gasteiger partial charge >= 0.3 is 11.9 Å². The van der Waals surface area contributed by atoms with Crippen molar-refractivity contribution in [2.45, 2.75) is 13.1 Å². The fraction of sp³-hybridized carbons (Fsp3) is 0.111. The summed E-state index contributed by atoms with van der Waals surface area (Å²) in [4.78, 5) is 18.6. The molecule has 0 atom stereocenters. The summed E-state index contributed by atoms with van der Waals surface area (Å²) in [6.07, 6.45) is -3.65. The van der Waals surface area contributed by atoms with E-state index in [-0.39, 0.29) is 17.3 Å². The summed E-state index contributed by atoms with van der Waals surface area (Å²) in [6, 6.07) is 7.94. The molecule has 30 heavy (non-hydrogen) atoms. The molecule has 0 amide bonds. The molecule has 12 heteroatoms. The summed E-state index contributed by atoms with van der Waals surface area (Å²) in [5.74, 6) is -0.464. The van der Waals surface area contributed by atoms with Gasteiger partial charge < -0.3 is 10.6 Å². The number of nitro groups is 1. The highest BCUT2D eigenvalue weighted by Crippen LogP contribution is 2.38. The van der Waals surface area contributed by atoms with Crippen LogP contribution in [0.4, 0.5) is 41.9 Å². The Kier molecular flexibility index (Phi) is 5.99. The van der Waals surface area contributed by atoms with Crippen molar-refractivity contribution in [2.24, 2.45) is 0 Å². The van der Waals surface area contributed by atoms with E-state index < -0.39 is 27.4 Å². The van der Waals surface area contributed by atoms with Crippen molar-refractivity contribution in [3.05, 3.63) is 74.0 Å². The second-order valence-electron chi connectivity index (χ2n) is 6.08. The Morgan fingerprint density at radius 2 is 1.53 bits per heavy atom. The van der Waals surface area contributed by atoms with Crippen molar-refractivity contribution in [3.8, 4) is 0 Å². The van der Waals surface area contributed by atoms with Crippen LogP contribution in [0.15, 0.2) is 42.7 Å². The molecule has 1 heterocycles. The Labute approximate surface area is 178 Å². The fourth-order valence-corrected chi connectivity index (χ4v) is 2.90. The van der Waals surface area contributed by atoms with Gasteiger partial charge in [0.15, 0.2) is 0 Å². The maximum Gasteiger partial charge on any atom is 0.417 e. The van der Waals surface area contributed by atoms with E-state index in [2.05, 4.69) is 20.6 Å². The first-order valence-electron chi connectivity index (χ1n) is 8.22. The molecule has 2 aromatic carbocycles. The molecular formula is C18H12Cl2F3N5O2. The molecule has 156 valence electrons. The van der Waals surface area contributed by atoms with Crippen LogP contribution in [0.2, 0.25) is 10.0 Å². The highest BCUT2D eigenvalue weighted by molar-refractivity contribution is 6.31. The molecule has 0 saturated heterocycles. The van der Waals surface area contributed by atoms with Gasteiger partial charge in [0, 0.05) is 16.4 Å². The van der Waals surface area contributed by atoms with Crippen LogP contribution >= 0.6 is 23.2 Å². The predicted molar refractivity (Wildman–Crippen MR) is 108 cm³/mol. The lowest BCUT2D eigenvalue weighted by atomic mass is 10.2. The normalized spacial score (nSPS) is 11.3. The second-order valence-corrected chi connectivity index (χ2v) is 6.90. The third-order valence-corrected chi connectivity index (χ3v) is 4.71. The molecule has 0 bridgehead atoms. The average molecular weight is 458 g/mol. The topological polar surface area (TPSA) is 93.0 Å². The van der Waals surface area contributed by atoms with Crippen LogP contribution in [-0.4, -0.2) is 14.9 Å². The van der Waals surface area contributed by atoms with Gasteiger partial charge in [-0.25, -0.2) is 9.97 Å². The lowest BCUT2D eigenvalue weighted by Gasteiger charge is -2.13. The lowest BCUT2D eigenvalue weighted by molar-refractivity contribution is -0.383. The first-order valence-corrected chi connectivity index (χ1v) is 8.98. The number of anilines is 4. The van der Waals surface area contributed by atoms with Crippen molar-refractivity contribution in [2.75, 3.05) is 10.6 Å². The summed E-state index contributed by atoms with van der Waals surface area (Å²) in [5.41, 5.74) is -0.483. The van der Waals surface area contributed by atoms with E-state index in [0.29, 0.717) is 10.7 Å². The van der Waals surface area contributed by atoms with Gasteiger partial charge in [-0.1, -0.05) is 29.3 Å². The highest BCUT2D eigenvalue weighted by atomic mass is 35.5. The van der Waals surface area contributed by atoms with Gasteiger partial charge in [0.05, 0.1) is 15.5 Å². The Bertz CT molecular complexity index is 1130. The van der Waals surface area contributed by atoms with E-state index in [0.717, 1.165) is 24.0 Å². The summed E-state index contributed by atoms with van der Waals surface area (Å²) < 4.78 is 39.2. The van der Waals surface area contributed by atoms with Crippen LogP contribution in [0.5, 0.6) is 0 Å². The Balaban J connectivity index is 1.99. The van der Waals surface area contributed by atoms with Crippen LogP contribution < -0.4 is 10.6 Å². The van der Waals surface area contributed by atoms with Gasteiger partial charge in [-0.15, -0.1) is 0 Å². The van der Waals surface area contributed by atoms with Gasteiger partial charge in [-0.2, -0.15) is 13.2 Å². The molecule has 0 spiro atoms. The number of alkyl halides is 3. The van der Waals surface area contributed by atoms with Gasteiger partial charge in [0.1, 0.15) is 6.33 Å². The number of rotatable bonds is 5. The zero-order valence-electron chi connectivity index (χ0n) is 15.1. The first kappa shape index (κ1) is 21.6. The molecule has 2 N–H and O–H groups in total. The molecule has 0 aliphatic rings. The van der Waals surface area contributed by atoms with E-state index in [9.17, 15) is 23.3 Å². The lowest BCUT2D eigenvalue weighted by Crippen LogP contribution is -2.08. The third-order valence-electron chi connectivity index (χ3n) is 3.97. The summed E-state index contributed by atoms with van der Waals surface area (Å²) in [6.45, 7) is 1.79. The van der Waals surface area contributed by atoms with Gasteiger partial charge in [-0.05, 0) is 42.8 Å². The summed E-state index contributed by atoms with van der Waals surface area (Å²) in [5, 5.41) is 16.9. The van der Waals surface area contributed by atoms with Gasteiger partial charge in [0.25, 0.3) is 0 Å². The maximum absolute atomic E-state index is 13.1. The number of hydrogen-bond acceptors (Lipinski definition) is 6. The van der Waals surface area contributed by atoms with Crippen molar-refractivity contribution >= 4 is 51.9 Å². The highest BCUT2D eigenvalue weighted by Gasteiger charge is 2.33. The molecule has 0 fully saturated rings. The molecule has 3 aromatic rings. The van der Waals surface area contributed by atoms with E-state index in [1.807, 2.05) is 0 Å². The largest absolute Gasteiger partial charge is 0.417 e. The van der Waals surface area contributed by atoms with Crippen LogP contribution in [0, 0.1) is 17.0 Å². The number of aryl methyl sites for hydroxylation is 1. The summed E-state index contributed by atoms with van der Waals surface area (Å²) in [7, 11) is 0. The fourth-order valence-electron chi connectivity index (χ4n) is 2.50. The minimum atomic E-state index is -4.69. The molecule has 0 unspecified atom stereocenters. The molecular weight excluding hydrogens is 446 g/mol. The standard InChI is InChI=1S/C18H12Cl2F3N5O2/c1-9-2-3-11(7-14(9)20)27-17-15(28(29)30)16(24-8-25-17)26-10-4-5-13(19)12(6-10)18(21,22)23/h2-8H,1H3,(H2,24,25,26,27). The molecule has 0 radical (unpaired) electrons. The van der Waals surface area contributed by atoms with Crippen LogP contribution in [0.25, 0.3) is 0 Å². The monoisotopic (exact) mass is 457 g/mol. The van der Waals surface area contributed by atoms with E-state index in [1.54, 1.807) is 25.1 Å². The Hall–Kier alpha value is -3.11. The van der Waals surface area contributed by atoms with Crippen LogP contribution in [-0.2, 0) is 6.18 Å². The molecule has 0 saturated carbocycles. The quantitative estimate of drug-likeness (QED) is 0.335. The number of hydrogen-bond donors (Lipinski definition) is 2. The zero-order chi connectivity index (χ0) is 22.1. The second kappa shape index (κ2) is 8.33. The van der Waals surface area contributed by atoms with Gasteiger partial charge in [-0.3, -0.25) is 10.1 Å². The minimum Gasteiger partial charge on any atom is -0.334 e. The van der Waals surface area contributed by atoms with E-state index in [1.165, 1.54) is 6.07 Å². The van der Waals surface area contributed by atoms with Crippen molar-refractivity contribution in [3.63, 3.8) is 0 Å². The van der Waals surface area contributed by atoms with Gasteiger partial charge in [0.2, 0.25) is 11.6 Å². The van der Waals surface area contributed by atoms with E-state index >= 15 is 0 Å². The number of nitrogens with zero attached hydrogens (tertiary/aromatic N) is 3. The number of halogens is 5. The molecule has 0 aliphatic carbocycles. The number of benzene rings is 2. The maximum atomic E-state index is 13.1. The molecule has 1 aromatic heterocycles. The molecule has 7 nitrogen and oxygen atoms in total. The van der Waals surface area contributed by atoms with Crippen molar-refractivity contribution in [1.29, 1.82) is 0 Å². The molecule has 3 rings (SSSR count). The Morgan fingerprint density at radius 1 is 0.967 bits per heavy atom. The zero-order valence-corrected chi connectivity index (χ0v) is 16.6. The first-order chi connectivity index (χ1) is 14.1. The third kappa shape index (κ3) is 4.71. The smallest absolute Gasteiger partial charge is 0.334 e. The van der Waals surface area contributed by atoms with E-state index in [4.69, 9.17) is 23.2 Å². The minimum absolute atomic E-state index is 0.0853. The SMILES string of the molecule is Cc1ccc(Nc2ncnc(Nc3ccc(Cl)c(C(F)(F)F)c3)c2[N+](=O)[O-])cc1Cl. The van der Waals surface area contributed by atoms with Crippen LogP contribution in [0.3, 0.4) is 0 Å². The molecule has 0 aliphatic heterocycles. The number of aromatic nitrogens is 2. The van der Waals surface area contributed by atoms with Crippen molar-refractivity contribution in [1.82, 2.24) is 9.97 Å².